The fourth-order valence-electron chi connectivity index (χ4n) is 3.53. The Labute approximate surface area is 184 Å². The first-order valence-electron chi connectivity index (χ1n) is 11.7. The van der Waals surface area contributed by atoms with Gasteiger partial charge in [-0.3, -0.25) is 4.99 Å². The summed E-state index contributed by atoms with van der Waals surface area (Å²) in [7, 11) is 2.22. The maximum atomic E-state index is 5.79. The Morgan fingerprint density at radius 3 is 2.57 bits per heavy atom. The number of hydrogen-bond donors (Lipinski definition) is 2. The Balaban J connectivity index is 1.80. The second-order valence-electron chi connectivity index (χ2n) is 8.75. The van der Waals surface area contributed by atoms with E-state index >= 15 is 0 Å². The Hall–Kier alpha value is -1.79. The molecule has 30 heavy (non-hydrogen) atoms. The third-order valence-electron chi connectivity index (χ3n) is 5.38. The van der Waals surface area contributed by atoms with Crippen molar-refractivity contribution in [2.24, 2.45) is 10.9 Å². The van der Waals surface area contributed by atoms with E-state index in [4.69, 9.17) is 9.73 Å². The van der Waals surface area contributed by atoms with Gasteiger partial charge in [0.15, 0.2) is 5.96 Å². The molecule has 2 rings (SSSR count). The molecule has 170 valence electrons. The van der Waals surface area contributed by atoms with Crippen molar-refractivity contribution >= 4 is 5.96 Å². The minimum atomic E-state index is 0.183. The second-order valence-corrected chi connectivity index (χ2v) is 8.75. The quantitative estimate of drug-likeness (QED) is 0.347. The lowest BCUT2D eigenvalue weighted by molar-refractivity contribution is 0.271. The average Bonchev–Trinajstić information content (AvgIpc) is 2.94. The molecule has 0 aromatic heterocycles. The van der Waals surface area contributed by atoms with E-state index in [2.05, 4.69) is 79.4 Å². The maximum absolute atomic E-state index is 5.79. The molecule has 6 heteroatoms. The van der Waals surface area contributed by atoms with E-state index in [0.29, 0.717) is 5.92 Å². The number of likely N-dealkylation sites (N-methyl/N-ethyl adjacent to an activating group) is 1. The summed E-state index contributed by atoms with van der Waals surface area (Å²) >= 11 is 0. The molecule has 2 N–H and O–H groups in total. The van der Waals surface area contributed by atoms with Crippen molar-refractivity contribution in [3.05, 3.63) is 29.8 Å². The molecule has 0 amide bonds. The van der Waals surface area contributed by atoms with Crippen LogP contribution in [0.15, 0.2) is 29.3 Å². The van der Waals surface area contributed by atoms with E-state index in [1.54, 1.807) is 0 Å². The van der Waals surface area contributed by atoms with Crippen LogP contribution >= 0.6 is 0 Å². The van der Waals surface area contributed by atoms with E-state index in [1.165, 1.54) is 38.2 Å². The normalized spacial score (nSPS) is 17.6. The van der Waals surface area contributed by atoms with Crippen LogP contribution in [-0.4, -0.2) is 75.2 Å². The van der Waals surface area contributed by atoms with Crippen LogP contribution in [0.5, 0.6) is 5.75 Å². The standard InChI is InChI=1S/C24H43N5O/c1-6-25-24(26-13-7-15-29-16-8-14-28(5)17-18-29)27-21(4)22-9-11-23(12-10-22)30-19-20(2)3/h9-12,20-21H,6-8,13-19H2,1-5H3,(H2,25,26,27). The lowest BCUT2D eigenvalue weighted by atomic mass is 10.1. The summed E-state index contributed by atoms with van der Waals surface area (Å²) in [6.07, 6.45) is 2.36. The van der Waals surface area contributed by atoms with Crippen LogP contribution in [0.1, 0.15) is 52.1 Å². The number of benzene rings is 1. The molecule has 6 nitrogen and oxygen atoms in total. The lowest BCUT2D eigenvalue weighted by Gasteiger charge is -2.20. The first-order chi connectivity index (χ1) is 14.5. The summed E-state index contributed by atoms with van der Waals surface area (Å²) in [5, 5.41) is 6.91. The van der Waals surface area contributed by atoms with Gasteiger partial charge in [-0.05, 0) is 77.0 Å². The van der Waals surface area contributed by atoms with E-state index in [9.17, 15) is 0 Å². The van der Waals surface area contributed by atoms with Crippen LogP contribution in [-0.2, 0) is 0 Å². The largest absolute Gasteiger partial charge is 0.493 e. The zero-order valence-corrected chi connectivity index (χ0v) is 19.8. The minimum absolute atomic E-state index is 0.183. The third kappa shape index (κ3) is 9.35. The molecule has 0 saturated carbocycles. The third-order valence-corrected chi connectivity index (χ3v) is 5.38. The van der Waals surface area contributed by atoms with Gasteiger partial charge in [0.25, 0.3) is 0 Å². The van der Waals surface area contributed by atoms with E-state index < -0.39 is 0 Å². The number of aliphatic imine (C=N–C) groups is 1. The van der Waals surface area contributed by atoms with E-state index in [-0.39, 0.29) is 6.04 Å². The summed E-state index contributed by atoms with van der Waals surface area (Å²) in [4.78, 5) is 9.80. The van der Waals surface area contributed by atoms with Crippen LogP contribution in [0.3, 0.4) is 0 Å². The molecule has 1 atom stereocenters. The second kappa shape index (κ2) is 13.5. The fraction of sp³-hybridized carbons (Fsp3) is 0.708. The van der Waals surface area contributed by atoms with Gasteiger partial charge in [0.05, 0.1) is 12.6 Å². The number of nitrogens with zero attached hydrogens (tertiary/aromatic N) is 3. The van der Waals surface area contributed by atoms with Gasteiger partial charge in [-0.15, -0.1) is 0 Å². The number of rotatable bonds is 10. The van der Waals surface area contributed by atoms with Crippen LogP contribution in [0, 0.1) is 5.92 Å². The number of hydrogen-bond acceptors (Lipinski definition) is 4. The summed E-state index contributed by atoms with van der Waals surface area (Å²) in [6.45, 7) is 17.0. The number of guanidine groups is 1. The predicted molar refractivity (Wildman–Crippen MR) is 127 cm³/mol. The molecule has 0 spiro atoms. The van der Waals surface area contributed by atoms with E-state index in [1.807, 2.05) is 0 Å². The van der Waals surface area contributed by atoms with Gasteiger partial charge >= 0.3 is 0 Å². The molecule has 1 aliphatic heterocycles. The molecular weight excluding hydrogens is 374 g/mol. The molecule has 1 aromatic carbocycles. The van der Waals surface area contributed by atoms with Crippen molar-refractivity contribution in [2.45, 2.75) is 46.6 Å². The van der Waals surface area contributed by atoms with Gasteiger partial charge in [-0.1, -0.05) is 26.0 Å². The predicted octanol–water partition coefficient (Wildman–Crippen LogP) is 3.37. The molecular formula is C24H43N5O. The summed E-state index contributed by atoms with van der Waals surface area (Å²) in [6, 6.07) is 8.56. The highest BCUT2D eigenvalue weighted by Gasteiger charge is 2.12. The Morgan fingerprint density at radius 1 is 1.10 bits per heavy atom. The topological polar surface area (TPSA) is 52.1 Å². The molecule has 1 heterocycles. The monoisotopic (exact) mass is 417 g/mol. The molecule has 0 bridgehead atoms. The molecule has 1 unspecified atom stereocenters. The van der Waals surface area contributed by atoms with Crippen LogP contribution in [0.2, 0.25) is 0 Å². The van der Waals surface area contributed by atoms with Crippen molar-refractivity contribution in [3.8, 4) is 5.75 Å². The van der Waals surface area contributed by atoms with Crippen molar-refractivity contribution in [1.82, 2.24) is 20.4 Å². The highest BCUT2D eigenvalue weighted by molar-refractivity contribution is 5.80. The highest BCUT2D eigenvalue weighted by Crippen LogP contribution is 2.18. The van der Waals surface area contributed by atoms with Crippen molar-refractivity contribution in [3.63, 3.8) is 0 Å². The van der Waals surface area contributed by atoms with Gasteiger partial charge in [0.1, 0.15) is 5.75 Å². The molecule has 1 aliphatic rings. The first-order valence-corrected chi connectivity index (χ1v) is 11.7. The molecule has 1 fully saturated rings. The average molecular weight is 418 g/mol. The minimum Gasteiger partial charge on any atom is -0.493 e. The van der Waals surface area contributed by atoms with Gasteiger partial charge in [-0.2, -0.15) is 0 Å². The SMILES string of the molecule is CCNC(=NCCCN1CCCN(C)CC1)NC(C)c1ccc(OCC(C)C)cc1. The summed E-state index contributed by atoms with van der Waals surface area (Å²) in [5.74, 6) is 2.35. The van der Waals surface area contributed by atoms with E-state index in [0.717, 1.165) is 44.4 Å². The first kappa shape index (κ1) is 24.5. The number of nitrogens with one attached hydrogen (secondary N) is 2. The van der Waals surface area contributed by atoms with Gasteiger partial charge in [0, 0.05) is 26.2 Å². The Kier molecular flexibility index (Phi) is 11.0. The zero-order valence-electron chi connectivity index (χ0n) is 19.8. The Morgan fingerprint density at radius 2 is 1.87 bits per heavy atom. The fourth-order valence-corrected chi connectivity index (χ4v) is 3.53. The molecule has 1 saturated heterocycles. The lowest BCUT2D eigenvalue weighted by Crippen LogP contribution is -2.39. The van der Waals surface area contributed by atoms with Gasteiger partial charge in [-0.25, -0.2) is 0 Å². The van der Waals surface area contributed by atoms with Crippen molar-refractivity contribution < 1.29 is 4.74 Å². The summed E-state index contributed by atoms with van der Waals surface area (Å²) in [5.41, 5.74) is 1.23. The van der Waals surface area contributed by atoms with Crippen molar-refractivity contribution in [2.75, 3.05) is 59.5 Å². The zero-order chi connectivity index (χ0) is 21.8. The van der Waals surface area contributed by atoms with Crippen LogP contribution < -0.4 is 15.4 Å². The highest BCUT2D eigenvalue weighted by atomic mass is 16.5. The smallest absolute Gasteiger partial charge is 0.191 e. The summed E-state index contributed by atoms with van der Waals surface area (Å²) < 4.78 is 5.79. The Bertz CT molecular complexity index is 617. The number of ether oxygens (including phenoxy) is 1. The molecule has 1 aromatic rings. The molecule has 0 aliphatic carbocycles. The van der Waals surface area contributed by atoms with Gasteiger partial charge in [0.2, 0.25) is 0 Å². The van der Waals surface area contributed by atoms with Gasteiger partial charge < -0.3 is 25.2 Å². The van der Waals surface area contributed by atoms with Crippen LogP contribution in [0.25, 0.3) is 0 Å². The van der Waals surface area contributed by atoms with Crippen LogP contribution in [0.4, 0.5) is 0 Å². The van der Waals surface area contributed by atoms with Crippen molar-refractivity contribution in [1.29, 1.82) is 0 Å². The maximum Gasteiger partial charge on any atom is 0.191 e. The molecule has 0 radical (unpaired) electrons.